The number of amides is 1. The van der Waals surface area contributed by atoms with Crippen LogP contribution in [0.2, 0.25) is 5.02 Å². The zero-order chi connectivity index (χ0) is 14.5. The second kappa shape index (κ2) is 6.83. The highest BCUT2D eigenvalue weighted by Crippen LogP contribution is 2.15. The third-order valence-corrected chi connectivity index (χ3v) is 3.84. The summed E-state index contributed by atoms with van der Waals surface area (Å²) in [6.07, 6.45) is 2.15. The molecule has 0 aliphatic carbocycles. The molecule has 4 nitrogen and oxygen atoms in total. The van der Waals surface area contributed by atoms with Crippen molar-refractivity contribution in [3.63, 3.8) is 0 Å². The minimum atomic E-state index is -0.199. The lowest BCUT2D eigenvalue weighted by atomic mass is 10.2. The lowest BCUT2D eigenvalue weighted by molar-refractivity contribution is -0.118. The van der Waals surface area contributed by atoms with E-state index in [1.807, 2.05) is 40.4 Å². The summed E-state index contributed by atoms with van der Waals surface area (Å²) in [6.45, 7) is 2.38. The average molecular weight is 310 g/mol. The van der Waals surface area contributed by atoms with Crippen LogP contribution in [0.5, 0.6) is 0 Å². The molecular formula is C14H16ClN3OS. The Morgan fingerprint density at radius 2 is 2.25 bits per heavy atom. The van der Waals surface area contributed by atoms with Crippen molar-refractivity contribution < 1.29 is 4.79 Å². The minimum absolute atomic E-state index is 0.178. The number of halogens is 1. The van der Waals surface area contributed by atoms with Gasteiger partial charge in [-0.2, -0.15) is 4.99 Å². The molecule has 0 aliphatic heterocycles. The first-order valence-electron chi connectivity index (χ1n) is 6.26. The first-order chi connectivity index (χ1) is 9.56. The molecule has 0 fully saturated rings. The molecule has 2 aromatic rings. The second-order valence-corrected chi connectivity index (χ2v) is 5.87. The maximum Gasteiger partial charge on any atom is 0.249 e. The topological polar surface area (TPSA) is 60.4 Å². The summed E-state index contributed by atoms with van der Waals surface area (Å²) >= 11 is 7.57. The number of carbonyl (C=O) groups is 1. The standard InChI is InChI=1S/C14H16ClN3OS/c1-10(16)8-13(19)17-14-18(6-7-20-14)9-11-4-2-3-5-12(11)15/h2-7,10H,8-9,16H2,1H3. The van der Waals surface area contributed by atoms with Gasteiger partial charge in [-0.1, -0.05) is 29.8 Å². The van der Waals surface area contributed by atoms with E-state index in [0.29, 0.717) is 16.4 Å². The Morgan fingerprint density at radius 1 is 1.50 bits per heavy atom. The zero-order valence-corrected chi connectivity index (χ0v) is 12.7. The van der Waals surface area contributed by atoms with E-state index in [2.05, 4.69) is 4.99 Å². The van der Waals surface area contributed by atoms with Gasteiger partial charge >= 0.3 is 0 Å². The summed E-state index contributed by atoms with van der Waals surface area (Å²) in [7, 11) is 0. The summed E-state index contributed by atoms with van der Waals surface area (Å²) in [5, 5.41) is 2.61. The van der Waals surface area contributed by atoms with Crippen LogP contribution in [0.3, 0.4) is 0 Å². The van der Waals surface area contributed by atoms with E-state index < -0.39 is 0 Å². The predicted molar refractivity (Wildman–Crippen MR) is 81.7 cm³/mol. The predicted octanol–water partition coefficient (Wildman–Crippen LogP) is 2.42. The van der Waals surface area contributed by atoms with Crippen LogP contribution in [0.1, 0.15) is 18.9 Å². The van der Waals surface area contributed by atoms with E-state index in [-0.39, 0.29) is 18.4 Å². The second-order valence-electron chi connectivity index (χ2n) is 4.59. The molecule has 0 spiro atoms. The summed E-state index contributed by atoms with van der Waals surface area (Å²) in [4.78, 5) is 16.5. The van der Waals surface area contributed by atoms with Crippen molar-refractivity contribution in [3.8, 4) is 0 Å². The molecule has 0 aliphatic rings. The Balaban J connectivity index is 2.23. The maximum atomic E-state index is 11.7. The summed E-state index contributed by atoms with van der Waals surface area (Å²) in [5.41, 5.74) is 6.60. The zero-order valence-electron chi connectivity index (χ0n) is 11.1. The monoisotopic (exact) mass is 309 g/mol. The van der Waals surface area contributed by atoms with Crippen LogP contribution >= 0.6 is 22.9 Å². The summed E-state index contributed by atoms with van der Waals surface area (Å²) < 4.78 is 1.91. The van der Waals surface area contributed by atoms with Crippen LogP contribution in [-0.2, 0) is 11.3 Å². The van der Waals surface area contributed by atoms with Crippen molar-refractivity contribution in [2.45, 2.75) is 25.9 Å². The van der Waals surface area contributed by atoms with E-state index in [4.69, 9.17) is 17.3 Å². The van der Waals surface area contributed by atoms with Gasteiger partial charge in [-0.25, -0.2) is 0 Å². The summed E-state index contributed by atoms with van der Waals surface area (Å²) in [5.74, 6) is -0.199. The normalized spacial score (nSPS) is 13.4. The van der Waals surface area contributed by atoms with Crippen molar-refractivity contribution in [1.29, 1.82) is 0 Å². The van der Waals surface area contributed by atoms with Crippen molar-refractivity contribution in [3.05, 3.63) is 51.2 Å². The van der Waals surface area contributed by atoms with Crippen LogP contribution in [0.15, 0.2) is 40.8 Å². The molecule has 2 N–H and O–H groups in total. The van der Waals surface area contributed by atoms with Gasteiger partial charge in [0.05, 0.1) is 6.54 Å². The van der Waals surface area contributed by atoms with Gasteiger partial charge in [-0.05, 0) is 18.6 Å². The van der Waals surface area contributed by atoms with Crippen LogP contribution < -0.4 is 10.5 Å². The average Bonchev–Trinajstić information content (AvgIpc) is 2.78. The third kappa shape index (κ3) is 4.03. The van der Waals surface area contributed by atoms with E-state index >= 15 is 0 Å². The molecule has 1 aromatic heterocycles. The SMILES string of the molecule is CC(N)CC(=O)N=c1sccn1Cc1ccccc1Cl. The highest BCUT2D eigenvalue weighted by molar-refractivity contribution is 7.07. The number of rotatable bonds is 4. The van der Waals surface area contributed by atoms with Crippen LogP contribution in [0.25, 0.3) is 0 Å². The first-order valence-corrected chi connectivity index (χ1v) is 7.52. The number of thiazole rings is 1. The molecule has 2 rings (SSSR count). The summed E-state index contributed by atoms with van der Waals surface area (Å²) in [6, 6.07) is 7.46. The Bertz CT molecular complexity index is 660. The van der Waals surface area contributed by atoms with Crippen molar-refractivity contribution in [2.24, 2.45) is 10.7 Å². The molecule has 1 heterocycles. The van der Waals surface area contributed by atoms with Crippen molar-refractivity contribution in [2.75, 3.05) is 0 Å². The van der Waals surface area contributed by atoms with Gasteiger partial charge in [0.2, 0.25) is 5.91 Å². The highest BCUT2D eigenvalue weighted by atomic mass is 35.5. The van der Waals surface area contributed by atoms with E-state index in [0.717, 1.165) is 5.56 Å². The highest BCUT2D eigenvalue weighted by Gasteiger charge is 2.06. The molecule has 20 heavy (non-hydrogen) atoms. The fourth-order valence-corrected chi connectivity index (χ4v) is 2.69. The van der Waals surface area contributed by atoms with Gasteiger partial charge in [0.1, 0.15) is 0 Å². The Morgan fingerprint density at radius 3 is 2.95 bits per heavy atom. The fourth-order valence-electron chi connectivity index (χ4n) is 1.75. The Labute approximate surface area is 126 Å². The van der Waals surface area contributed by atoms with Crippen LogP contribution in [0, 0.1) is 0 Å². The maximum absolute atomic E-state index is 11.7. The smallest absolute Gasteiger partial charge is 0.249 e. The Hall–Kier alpha value is -1.43. The number of carbonyl (C=O) groups excluding carboxylic acids is 1. The minimum Gasteiger partial charge on any atom is -0.327 e. The van der Waals surface area contributed by atoms with E-state index in [1.54, 1.807) is 6.92 Å². The van der Waals surface area contributed by atoms with Gasteiger partial charge < -0.3 is 10.3 Å². The third-order valence-electron chi connectivity index (χ3n) is 2.68. The van der Waals surface area contributed by atoms with Gasteiger partial charge in [-0.15, -0.1) is 11.3 Å². The van der Waals surface area contributed by atoms with Gasteiger partial charge in [0.15, 0.2) is 4.80 Å². The number of nitrogens with zero attached hydrogens (tertiary/aromatic N) is 2. The fraction of sp³-hybridized carbons (Fsp3) is 0.286. The van der Waals surface area contributed by atoms with Gasteiger partial charge in [0, 0.05) is 29.1 Å². The number of hydrogen-bond acceptors (Lipinski definition) is 3. The molecule has 1 aromatic carbocycles. The van der Waals surface area contributed by atoms with Gasteiger partial charge in [0.25, 0.3) is 0 Å². The lowest BCUT2D eigenvalue weighted by Gasteiger charge is -2.05. The van der Waals surface area contributed by atoms with Crippen molar-refractivity contribution in [1.82, 2.24) is 4.57 Å². The molecule has 0 saturated heterocycles. The number of nitrogens with two attached hydrogens (primary N) is 1. The molecule has 0 radical (unpaired) electrons. The lowest BCUT2D eigenvalue weighted by Crippen LogP contribution is -2.22. The number of aromatic nitrogens is 1. The van der Waals surface area contributed by atoms with E-state index in [9.17, 15) is 4.79 Å². The molecule has 1 amide bonds. The van der Waals surface area contributed by atoms with Crippen molar-refractivity contribution >= 4 is 28.8 Å². The Kier molecular flexibility index (Phi) is 5.11. The number of hydrogen-bond donors (Lipinski definition) is 1. The molecule has 0 bridgehead atoms. The molecule has 1 unspecified atom stereocenters. The van der Waals surface area contributed by atoms with E-state index in [1.165, 1.54) is 11.3 Å². The molecule has 6 heteroatoms. The largest absolute Gasteiger partial charge is 0.327 e. The van der Waals surface area contributed by atoms with Crippen LogP contribution in [0.4, 0.5) is 0 Å². The molecular weight excluding hydrogens is 294 g/mol. The number of benzene rings is 1. The van der Waals surface area contributed by atoms with Gasteiger partial charge in [-0.3, -0.25) is 4.79 Å². The molecule has 1 atom stereocenters. The quantitative estimate of drug-likeness (QED) is 0.943. The van der Waals surface area contributed by atoms with Crippen LogP contribution in [-0.4, -0.2) is 16.5 Å². The molecule has 0 saturated carbocycles. The first kappa shape index (κ1) is 15.0. The molecule has 106 valence electrons.